The highest BCUT2D eigenvalue weighted by Gasteiger charge is 2.22. The van der Waals surface area contributed by atoms with Gasteiger partial charge in [0.15, 0.2) is 0 Å². The summed E-state index contributed by atoms with van der Waals surface area (Å²) >= 11 is 0. The Kier molecular flexibility index (Phi) is 6.65. The number of carbonyl (C=O) groups is 1. The van der Waals surface area contributed by atoms with Crippen LogP contribution in [0.4, 0.5) is 11.6 Å². The molecule has 1 aliphatic rings. The molecule has 1 aromatic heterocycles. The second kappa shape index (κ2) is 9.36. The van der Waals surface area contributed by atoms with Crippen LogP contribution in [0.5, 0.6) is 6.01 Å². The average Bonchev–Trinajstić information content (AvgIpc) is 2.77. The summed E-state index contributed by atoms with van der Waals surface area (Å²) in [6.07, 6.45) is -0.117. The van der Waals surface area contributed by atoms with Crippen LogP contribution in [0.15, 0.2) is 36.4 Å². The van der Waals surface area contributed by atoms with Gasteiger partial charge in [-0.3, -0.25) is 4.79 Å². The Labute approximate surface area is 165 Å². The summed E-state index contributed by atoms with van der Waals surface area (Å²) < 4.78 is 5.24. The Morgan fingerprint density at radius 3 is 2.57 bits per heavy atom. The van der Waals surface area contributed by atoms with Crippen LogP contribution >= 0.6 is 0 Å². The fourth-order valence-electron chi connectivity index (χ4n) is 3.16. The molecular formula is C20H27N5O3. The summed E-state index contributed by atoms with van der Waals surface area (Å²) in [5.41, 5.74) is 0.841. The van der Waals surface area contributed by atoms with E-state index < -0.39 is 6.10 Å². The van der Waals surface area contributed by atoms with Crippen LogP contribution in [-0.2, 0) is 4.79 Å². The molecule has 1 fully saturated rings. The Bertz CT molecular complexity index is 779. The van der Waals surface area contributed by atoms with Crippen molar-refractivity contribution in [3.63, 3.8) is 0 Å². The summed E-state index contributed by atoms with van der Waals surface area (Å²) in [4.78, 5) is 24.6. The van der Waals surface area contributed by atoms with Gasteiger partial charge in [-0.1, -0.05) is 37.3 Å². The number of methoxy groups -OCH3 is 1. The highest BCUT2D eigenvalue weighted by Crippen LogP contribution is 2.22. The lowest BCUT2D eigenvalue weighted by atomic mass is 10.1. The smallest absolute Gasteiger partial charge is 0.320 e. The molecule has 28 heavy (non-hydrogen) atoms. The maximum Gasteiger partial charge on any atom is 0.320 e. The third-order valence-corrected chi connectivity index (χ3v) is 4.79. The molecule has 8 heteroatoms. The minimum Gasteiger partial charge on any atom is -0.467 e. The summed E-state index contributed by atoms with van der Waals surface area (Å²) in [5, 5.41) is 13.5. The number of piperazine rings is 1. The van der Waals surface area contributed by atoms with E-state index in [4.69, 9.17) is 4.74 Å². The molecule has 1 atom stereocenters. The number of aromatic nitrogens is 2. The quantitative estimate of drug-likeness (QED) is 0.749. The van der Waals surface area contributed by atoms with Crippen LogP contribution in [0, 0.1) is 0 Å². The van der Waals surface area contributed by atoms with Crippen molar-refractivity contribution >= 4 is 17.5 Å². The molecule has 3 rings (SSSR count). The summed E-state index contributed by atoms with van der Waals surface area (Å²) in [7, 11) is 1.53. The summed E-state index contributed by atoms with van der Waals surface area (Å²) in [6.45, 7) is 4.97. The van der Waals surface area contributed by atoms with Crippen molar-refractivity contribution in [1.29, 1.82) is 0 Å². The maximum absolute atomic E-state index is 11.9. The fourth-order valence-corrected chi connectivity index (χ4v) is 3.16. The van der Waals surface area contributed by atoms with Crippen molar-refractivity contribution in [1.82, 2.24) is 14.9 Å². The van der Waals surface area contributed by atoms with Gasteiger partial charge in [0.25, 0.3) is 0 Å². The van der Waals surface area contributed by atoms with Crippen LogP contribution < -0.4 is 15.0 Å². The number of hydrogen-bond acceptors (Lipinski definition) is 7. The molecule has 0 aliphatic carbocycles. The molecule has 0 spiro atoms. The predicted octanol–water partition coefficient (Wildman–Crippen LogP) is 1.69. The zero-order chi connectivity index (χ0) is 19.9. The lowest BCUT2D eigenvalue weighted by Crippen LogP contribution is -2.48. The Morgan fingerprint density at radius 1 is 1.21 bits per heavy atom. The SMILES string of the molecule is CCC(=O)N1CCN(c2cc(NC[C@H](O)c3ccccc3)nc(OC)n2)CC1. The average molecular weight is 385 g/mol. The number of aliphatic hydroxyl groups is 1. The van der Waals surface area contributed by atoms with E-state index in [1.165, 1.54) is 7.11 Å². The number of ether oxygens (including phenoxy) is 1. The fraction of sp³-hybridized carbons (Fsp3) is 0.450. The van der Waals surface area contributed by atoms with Crippen molar-refractivity contribution < 1.29 is 14.6 Å². The third kappa shape index (κ3) is 4.89. The number of nitrogens with one attached hydrogen (secondary N) is 1. The van der Waals surface area contributed by atoms with Crippen molar-refractivity contribution in [2.75, 3.05) is 50.1 Å². The topological polar surface area (TPSA) is 90.8 Å². The van der Waals surface area contributed by atoms with Gasteiger partial charge in [0.1, 0.15) is 11.6 Å². The molecule has 1 saturated heterocycles. The first kappa shape index (κ1) is 19.9. The number of amides is 1. The van der Waals surface area contributed by atoms with Crippen molar-refractivity contribution in [2.45, 2.75) is 19.4 Å². The Balaban J connectivity index is 1.66. The molecule has 1 aromatic carbocycles. The van der Waals surface area contributed by atoms with Crippen molar-refractivity contribution in [3.8, 4) is 6.01 Å². The number of benzene rings is 1. The highest BCUT2D eigenvalue weighted by molar-refractivity contribution is 5.76. The summed E-state index contributed by atoms with van der Waals surface area (Å²) in [5.74, 6) is 1.51. The highest BCUT2D eigenvalue weighted by atomic mass is 16.5. The van der Waals surface area contributed by atoms with Gasteiger partial charge < -0.3 is 25.0 Å². The van der Waals surface area contributed by atoms with Gasteiger partial charge in [-0.25, -0.2) is 0 Å². The Morgan fingerprint density at radius 2 is 1.93 bits per heavy atom. The number of aliphatic hydroxyl groups excluding tert-OH is 1. The van der Waals surface area contributed by atoms with Gasteiger partial charge in [0.05, 0.1) is 13.2 Å². The van der Waals surface area contributed by atoms with Gasteiger partial charge in [0, 0.05) is 45.2 Å². The second-order valence-corrected chi connectivity index (χ2v) is 6.63. The molecule has 0 saturated carbocycles. The van der Waals surface area contributed by atoms with E-state index in [1.54, 1.807) is 0 Å². The number of rotatable bonds is 7. The van der Waals surface area contributed by atoms with Gasteiger partial charge in [0.2, 0.25) is 5.91 Å². The number of carbonyl (C=O) groups excluding carboxylic acids is 1. The predicted molar refractivity (Wildman–Crippen MR) is 108 cm³/mol. The first-order chi connectivity index (χ1) is 13.6. The summed E-state index contributed by atoms with van der Waals surface area (Å²) in [6, 6.07) is 11.6. The number of nitrogens with zero attached hydrogens (tertiary/aromatic N) is 4. The zero-order valence-corrected chi connectivity index (χ0v) is 16.3. The molecule has 1 aliphatic heterocycles. The molecule has 2 N–H and O–H groups in total. The minimum atomic E-state index is -0.644. The van der Waals surface area contributed by atoms with Crippen molar-refractivity contribution in [2.24, 2.45) is 0 Å². The Hall–Kier alpha value is -2.87. The van der Waals surface area contributed by atoms with E-state index in [2.05, 4.69) is 20.2 Å². The monoisotopic (exact) mass is 385 g/mol. The van der Waals surface area contributed by atoms with Crippen LogP contribution in [-0.4, -0.2) is 65.7 Å². The van der Waals surface area contributed by atoms with Crippen LogP contribution in [0.3, 0.4) is 0 Å². The van der Waals surface area contributed by atoms with Gasteiger partial charge in [-0.05, 0) is 5.56 Å². The normalized spacial score (nSPS) is 15.2. The van der Waals surface area contributed by atoms with E-state index in [-0.39, 0.29) is 11.9 Å². The zero-order valence-electron chi connectivity index (χ0n) is 16.3. The molecule has 0 bridgehead atoms. The van der Waals surface area contributed by atoms with Crippen LogP contribution in [0.2, 0.25) is 0 Å². The van der Waals surface area contributed by atoms with E-state index in [9.17, 15) is 9.90 Å². The molecule has 2 heterocycles. The standard InChI is InChI=1S/C20H27N5O3/c1-3-19(27)25-11-9-24(10-12-25)18-13-17(22-20(23-18)28-2)21-14-16(26)15-7-5-4-6-8-15/h4-8,13,16,26H,3,9-12,14H2,1-2H3,(H,21,22,23)/t16-/m0/s1. The molecule has 0 unspecified atom stereocenters. The molecule has 8 nitrogen and oxygen atoms in total. The molecule has 1 amide bonds. The van der Waals surface area contributed by atoms with Gasteiger partial charge in [-0.15, -0.1) is 0 Å². The van der Waals surface area contributed by atoms with Crippen molar-refractivity contribution in [3.05, 3.63) is 42.0 Å². The van der Waals surface area contributed by atoms with Crippen LogP contribution in [0.1, 0.15) is 25.0 Å². The third-order valence-electron chi connectivity index (χ3n) is 4.79. The molecule has 2 aromatic rings. The number of hydrogen-bond donors (Lipinski definition) is 2. The molecule has 150 valence electrons. The molecule has 0 radical (unpaired) electrons. The lowest BCUT2D eigenvalue weighted by Gasteiger charge is -2.35. The largest absolute Gasteiger partial charge is 0.467 e. The first-order valence-electron chi connectivity index (χ1n) is 9.53. The second-order valence-electron chi connectivity index (χ2n) is 6.63. The lowest BCUT2D eigenvalue weighted by molar-refractivity contribution is -0.131. The van der Waals surface area contributed by atoms with E-state index >= 15 is 0 Å². The van der Waals surface area contributed by atoms with E-state index in [1.807, 2.05) is 48.2 Å². The first-order valence-corrected chi connectivity index (χ1v) is 9.53. The minimum absolute atomic E-state index is 0.178. The van der Waals surface area contributed by atoms with Gasteiger partial charge >= 0.3 is 6.01 Å². The van der Waals surface area contributed by atoms with E-state index in [0.29, 0.717) is 45.0 Å². The van der Waals surface area contributed by atoms with E-state index in [0.717, 1.165) is 11.4 Å². The maximum atomic E-state index is 11.9. The van der Waals surface area contributed by atoms with Gasteiger partial charge in [-0.2, -0.15) is 9.97 Å². The number of anilines is 2. The molecular weight excluding hydrogens is 358 g/mol. The van der Waals surface area contributed by atoms with Crippen LogP contribution in [0.25, 0.3) is 0 Å².